The summed E-state index contributed by atoms with van der Waals surface area (Å²) in [6, 6.07) is 6.54. The third-order valence-corrected chi connectivity index (χ3v) is 4.16. The molecule has 0 unspecified atom stereocenters. The van der Waals surface area contributed by atoms with Gasteiger partial charge in [-0.05, 0) is 24.3 Å². The van der Waals surface area contributed by atoms with E-state index in [1.54, 1.807) is 0 Å². The van der Waals surface area contributed by atoms with E-state index in [1.165, 1.54) is 18.2 Å². The van der Waals surface area contributed by atoms with E-state index in [0.29, 0.717) is 6.07 Å². The summed E-state index contributed by atoms with van der Waals surface area (Å²) in [6.07, 6.45) is 0. The predicted octanol–water partition coefficient (Wildman–Crippen LogP) is 3.00. The van der Waals surface area contributed by atoms with E-state index in [4.69, 9.17) is 17.3 Å². The first kappa shape index (κ1) is 14.5. The summed E-state index contributed by atoms with van der Waals surface area (Å²) in [7, 11) is -4.26. The van der Waals surface area contributed by atoms with Gasteiger partial charge in [0.15, 0.2) is 0 Å². The van der Waals surface area contributed by atoms with E-state index in [-0.39, 0.29) is 16.4 Å². The molecule has 8 heteroatoms. The fourth-order valence-corrected chi connectivity index (χ4v) is 2.99. The van der Waals surface area contributed by atoms with E-state index < -0.39 is 26.6 Å². The molecule has 4 nitrogen and oxygen atoms in total. The van der Waals surface area contributed by atoms with Crippen molar-refractivity contribution >= 4 is 33.0 Å². The molecule has 0 radical (unpaired) electrons. The average Bonchev–Trinajstić information content (AvgIpc) is 2.33. The van der Waals surface area contributed by atoms with Crippen molar-refractivity contribution in [3.63, 3.8) is 0 Å². The van der Waals surface area contributed by atoms with Crippen LogP contribution in [0.3, 0.4) is 0 Å². The number of nitrogens with two attached hydrogens (primary N) is 1. The zero-order chi connectivity index (χ0) is 14.9. The molecule has 0 heterocycles. The van der Waals surface area contributed by atoms with Crippen LogP contribution in [0.25, 0.3) is 0 Å². The number of rotatable bonds is 3. The summed E-state index contributed by atoms with van der Waals surface area (Å²) >= 11 is 5.83. The van der Waals surface area contributed by atoms with Crippen molar-refractivity contribution in [3.8, 4) is 0 Å². The Balaban J connectivity index is 2.46. The molecule has 106 valence electrons. The third-order valence-electron chi connectivity index (χ3n) is 2.47. The highest BCUT2D eigenvalue weighted by molar-refractivity contribution is 7.92. The zero-order valence-electron chi connectivity index (χ0n) is 9.90. The molecule has 2 aromatic carbocycles. The Morgan fingerprint density at radius 2 is 1.85 bits per heavy atom. The number of nitrogen functional groups attached to an aromatic ring is 1. The first-order valence-electron chi connectivity index (χ1n) is 5.33. The molecule has 0 amide bonds. The highest BCUT2D eigenvalue weighted by atomic mass is 35.5. The molecule has 3 N–H and O–H groups in total. The van der Waals surface area contributed by atoms with Gasteiger partial charge in [-0.2, -0.15) is 0 Å². The first-order chi connectivity index (χ1) is 9.31. The molecule has 0 saturated heterocycles. The monoisotopic (exact) mass is 318 g/mol. The summed E-state index contributed by atoms with van der Waals surface area (Å²) in [4.78, 5) is -0.696. The summed E-state index contributed by atoms with van der Waals surface area (Å²) < 4.78 is 52.5. The molecular formula is C12H9ClF2N2O2S. The number of hydrogen-bond donors (Lipinski definition) is 2. The van der Waals surface area contributed by atoms with E-state index >= 15 is 0 Å². The fourth-order valence-electron chi connectivity index (χ4n) is 1.53. The van der Waals surface area contributed by atoms with Crippen LogP contribution in [0.4, 0.5) is 20.2 Å². The van der Waals surface area contributed by atoms with Crippen molar-refractivity contribution in [1.82, 2.24) is 0 Å². The van der Waals surface area contributed by atoms with Crippen LogP contribution in [-0.4, -0.2) is 8.42 Å². The summed E-state index contributed by atoms with van der Waals surface area (Å²) in [6.45, 7) is 0. The molecule has 0 aromatic heterocycles. The summed E-state index contributed by atoms with van der Waals surface area (Å²) in [5.74, 6) is -2.08. The Hall–Kier alpha value is -1.86. The Kier molecular flexibility index (Phi) is 3.82. The number of anilines is 2. The van der Waals surface area contributed by atoms with Gasteiger partial charge in [0.25, 0.3) is 10.0 Å². The molecule has 0 fully saturated rings. The van der Waals surface area contributed by atoms with Crippen LogP contribution in [0.1, 0.15) is 0 Å². The normalized spacial score (nSPS) is 11.3. The standard InChI is InChI=1S/C12H9ClF2N2O2S/c13-8-2-1-3-10(16)12(8)17-20(18,19)11-5-4-7(14)6-9(11)15/h1-6,17H,16H2. The van der Waals surface area contributed by atoms with E-state index in [0.717, 1.165) is 12.1 Å². The van der Waals surface area contributed by atoms with Gasteiger partial charge in [0.2, 0.25) is 0 Å². The Morgan fingerprint density at radius 1 is 1.15 bits per heavy atom. The summed E-state index contributed by atoms with van der Waals surface area (Å²) in [5.41, 5.74) is 5.63. The number of benzene rings is 2. The van der Waals surface area contributed by atoms with Crippen molar-refractivity contribution in [2.75, 3.05) is 10.5 Å². The Bertz CT molecular complexity index is 746. The van der Waals surface area contributed by atoms with Crippen LogP contribution in [0.15, 0.2) is 41.3 Å². The van der Waals surface area contributed by atoms with Crippen molar-refractivity contribution in [1.29, 1.82) is 0 Å². The van der Waals surface area contributed by atoms with Gasteiger partial charge >= 0.3 is 0 Å². The smallest absolute Gasteiger partial charge is 0.264 e. The second-order valence-corrected chi connectivity index (χ2v) is 5.94. The molecule has 0 aliphatic rings. The minimum absolute atomic E-state index is 0.0575. The number of nitrogens with one attached hydrogen (secondary N) is 1. The number of hydrogen-bond acceptors (Lipinski definition) is 3. The van der Waals surface area contributed by atoms with Crippen LogP contribution < -0.4 is 10.5 Å². The second-order valence-electron chi connectivity index (χ2n) is 3.88. The maximum atomic E-state index is 13.5. The van der Waals surface area contributed by atoms with Gasteiger partial charge in [0, 0.05) is 6.07 Å². The lowest BCUT2D eigenvalue weighted by Gasteiger charge is -2.12. The number of halogens is 3. The van der Waals surface area contributed by atoms with Crippen molar-refractivity contribution in [2.45, 2.75) is 4.90 Å². The van der Waals surface area contributed by atoms with Crippen molar-refractivity contribution in [2.24, 2.45) is 0 Å². The van der Waals surface area contributed by atoms with Gasteiger partial charge < -0.3 is 5.73 Å². The SMILES string of the molecule is Nc1cccc(Cl)c1NS(=O)(=O)c1ccc(F)cc1F. The molecular weight excluding hydrogens is 310 g/mol. The second kappa shape index (κ2) is 5.26. The van der Waals surface area contributed by atoms with Gasteiger partial charge in [-0.15, -0.1) is 0 Å². The lowest BCUT2D eigenvalue weighted by molar-refractivity contribution is 0.551. The quantitative estimate of drug-likeness (QED) is 0.854. The average molecular weight is 319 g/mol. The molecule has 0 spiro atoms. The minimum atomic E-state index is -4.26. The van der Waals surface area contributed by atoms with E-state index in [1.807, 2.05) is 0 Å². The molecule has 0 atom stereocenters. The van der Waals surface area contributed by atoms with Crippen LogP contribution in [0, 0.1) is 11.6 Å². The first-order valence-corrected chi connectivity index (χ1v) is 7.19. The maximum absolute atomic E-state index is 13.5. The van der Waals surface area contributed by atoms with Crippen LogP contribution in [0.5, 0.6) is 0 Å². The van der Waals surface area contributed by atoms with E-state index in [9.17, 15) is 17.2 Å². The molecule has 2 rings (SSSR count). The lowest BCUT2D eigenvalue weighted by atomic mass is 10.3. The molecule has 20 heavy (non-hydrogen) atoms. The topological polar surface area (TPSA) is 72.2 Å². The predicted molar refractivity (Wildman–Crippen MR) is 73.0 cm³/mol. The number of sulfonamides is 1. The molecule has 0 saturated carbocycles. The van der Waals surface area contributed by atoms with E-state index in [2.05, 4.69) is 4.72 Å². The summed E-state index contributed by atoms with van der Waals surface area (Å²) in [5, 5.41) is 0.0658. The van der Waals surface area contributed by atoms with Gasteiger partial charge in [-0.25, -0.2) is 17.2 Å². The van der Waals surface area contributed by atoms with Gasteiger partial charge in [0.1, 0.15) is 16.5 Å². The van der Waals surface area contributed by atoms with Crippen LogP contribution in [-0.2, 0) is 10.0 Å². The van der Waals surface area contributed by atoms with Crippen molar-refractivity contribution in [3.05, 3.63) is 53.1 Å². The molecule has 0 aliphatic heterocycles. The van der Waals surface area contributed by atoms with Gasteiger partial charge in [-0.1, -0.05) is 17.7 Å². The van der Waals surface area contributed by atoms with Crippen LogP contribution >= 0.6 is 11.6 Å². The lowest BCUT2D eigenvalue weighted by Crippen LogP contribution is -2.16. The Morgan fingerprint density at radius 3 is 2.45 bits per heavy atom. The molecule has 0 bridgehead atoms. The van der Waals surface area contributed by atoms with Crippen molar-refractivity contribution < 1.29 is 17.2 Å². The molecule has 0 aliphatic carbocycles. The third kappa shape index (κ3) is 2.83. The Labute approximate surface area is 119 Å². The van der Waals surface area contributed by atoms with Gasteiger partial charge in [0.05, 0.1) is 16.4 Å². The molecule has 2 aromatic rings. The maximum Gasteiger partial charge on any atom is 0.264 e. The fraction of sp³-hybridized carbons (Fsp3) is 0. The van der Waals surface area contributed by atoms with Gasteiger partial charge in [-0.3, -0.25) is 4.72 Å². The highest BCUT2D eigenvalue weighted by Gasteiger charge is 2.21. The highest BCUT2D eigenvalue weighted by Crippen LogP contribution is 2.30. The minimum Gasteiger partial charge on any atom is -0.397 e. The van der Waals surface area contributed by atoms with Crippen LogP contribution in [0.2, 0.25) is 5.02 Å². The number of para-hydroxylation sites is 1. The largest absolute Gasteiger partial charge is 0.397 e. The zero-order valence-corrected chi connectivity index (χ0v) is 11.5.